The number of hydrogen-bond donors (Lipinski definition) is 0. The van der Waals surface area contributed by atoms with Crippen molar-refractivity contribution in [3.63, 3.8) is 0 Å². The molecule has 9 aromatic carbocycles. The van der Waals surface area contributed by atoms with E-state index in [0.29, 0.717) is 0 Å². The maximum absolute atomic E-state index is 2.55. The van der Waals surface area contributed by atoms with E-state index in [-0.39, 0.29) is 0 Å². The largest absolute Gasteiger partial charge is 0.311 e. The minimum absolute atomic E-state index is 1.16. The molecule has 0 atom stereocenters. The van der Waals surface area contributed by atoms with Gasteiger partial charge in [0.2, 0.25) is 0 Å². The van der Waals surface area contributed by atoms with Crippen LogP contribution in [0.15, 0.2) is 188 Å². The average Bonchev–Trinajstić information content (AvgIpc) is 3.73. The molecule has 55 heavy (non-hydrogen) atoms. The van der Waals surface area contributed by atoms with Gasteiger partial charge in [-0.3, -0.25) is 0 Å². The van der Waals surface area contributed by atoms with Crippen molar-refractivity contribution in [3.05, 3.63) is 188 Å². The molecule has 1 aliphatic rings. The van der Waals surface area contributed by atoms with Gasteiger partial charge in [-0.1, -0.05) is 159 Å². The molecule has 0 amide bonds. The van der Waals surface area contributed by atoms with E-state index in [2.05, 4.69) is 206 Å². The summed E-state index contributed by atoms with van der Waals surface area (Å²) in [6, 6.07) is 69.8. The number of hydrogen-bond acceptors (Lipinski definition) is 2. The fraction of sp³-hybridized carbons (Fsp3) is 0.0385. The minimum atomic E-state index is -2.14. The molecule has 1 nitrogen and oxygen atoms in total. The van der Waals surface area contributed by atoms with E-state index in [9.17, 15) is 0 Å². The number of benzene rings is 9. The van der Waals surface area contributed by atoms with Crippen molar-refractivity contribution in [2.45, 2.75) is 13.1 Å². The Labute approximate surface area is 326 Å². The minimum Gasteiger partial charge on any atom is -0.311 e. The summed E-state index contributed by atoms with van der Waals surface area (Å²) in [5, 5.41) is 10.8. The van der Waals surface area contributed by atoms with Gasteiger partial charge in [-0.2, -0.15) is 0 Å². The Hall–Kier alpha value is -6.26. The van der Waals surface area contributed by atoms with Gasteiger partial charge in [0.1, 0.15) is 8.07 Å². The molecule has 1 aromatic heterocycles. The first-order chi connectivity index (χ1) is 27.0. The van der Waals surface area contributed by atoms with Crippen LogP contribution < -0.4 is 15.3 Å². The van der Waals surface area contributed by atoms with Gasteiger partial charge in [0, 0.05) is 37.2 Å². The van der Waals surface area contributed by atoms with Gasteiger partial charge in [0.05, 0.1) is 0 Å². The molecule has 0 spiro atoms. The van der Waals surface area contributed by atoms with Crippen LogP contribution in [0, 0.1) is 0 Å². The van der Waals surface area contributed by atoms with Crippen molar-refractivity contribution < 1.29 is 0 Å². The Morgan fingerprint density at radius 1 is 0.436 bits per heavy atom. The normalized spacial score (nSPS) is 13.1. The fourth-order valence-electron chi connectivity index (χ4n) is 9.17. The number of thiophene rings is 1. The third kappa shape index (κ3) is 5.04. The smallest absolute Gasteiger partial charge is 0.116 e. The van der Waals surface area contributed by atoms with Gasteiger partial charge in [0.15, 0.2) is 0 Å². The average molecular weight is 736 g/mol. The molecule has 0 fully saturated rings. The van der Waals surface area contributed by atoms with Crippen LogP contribution in [0.1, 0.15) is 0 Å². The van der Waals surface area contributed by atoms with Crippen molar-refractivity contribution in [1.29, 1.82) is 0 Å². The van der Waals surface area contributed by atoms with Crippen LogP contribution >= 0.6 is 11.3 Å². The lowest BCUT2D eigenvalue weighted by Crippen LogP contribution is -2.50. The molecule has 260 valence electrons. The molecule has 2 heterocycles. The number of anilines is 3. The van der Waals surface area contributed by atoms with E-state index in [1.165, 1.54) is 91.2 Å². The lowest BCUT2D eigenvalue weighted by atomic mass is 9.97. The summed E-state index contributed by atoms with van der Waals surface area (Å²) in [5.41, 5.74) is 11.4. The Morgan fingerprint density at radius 3 is 1.85 bits per heavy atom. The Morgan fingerprint density at radius 2 is 1.05 bits per heavy atom. The quantitative estimate of drug-likeness (QED) is 0.159. The second kappa shape index (κ2) is 12.4. The molecule has 10 aromatic rings. The fourth-order valence-corrected chi connectivity index (χ4v) is 13.9. The van der Waals surface area contributed by atoms with Gasteiger partial charge in [-0.15, -0.1) is 11.3 Å². The zero-order chi connectivity index (χ0) is 36.7. The second-order valence-corrected chi connectivity index (χ2v) is 20.6. The zero-order valence-corrected chi connectivity index (χ0v) is 32.6. The lowest BCUT2D eigenvalue weighted by molar-refractivity contribution is 1.29. The summed E-state index contributed by atoms with van der Waals surface area (Å²) >= 11 is 1.95. The summed E-state index contributed by atoms with van der Waals surface area (Å²) in [5.74, 6) is 0. The molecule has 0 radical (unpaired) electrons. The summed E-state index contributed by atoms with van der Waals surface area (Å²) in [4.78, 5) is 2.51. The van der Waals surface area contributed by atoms with Crippen LogP contribution in [0.5, 0.6) is 0 Å². The van der Waals surface area contributed by atoms with Crippen molar-refractivity contribution in [3.8, 4) is 33.4 Å². The lowest BCUT2D eigenvalue weighted by Gasteiger charge is -2.31. The van der Waals surface area contributed by atoms with E-state index < -0.39 is 8.07 Å². The van der Waals surface area contributed by atoms with E-state index in [0.717, 1.165) is 11.4 Å². The van der Waals surface area contributed by atoms with Gasteiger partial charge in [-0.25, -0.2) is 0 Å². The molecule has 3 heteroatoms. The van der Waals surface area contributed by atoms with Crippen LogP contribution in [0.2, 0.25) is 13.1 Å². The van der Waals surface area contributed by atoms with E-state index >= 15 is 0 Å². The molecule has 0 bridgehead atoms. The van der Waals surface area contributed by atoms with Crippen LogP contribution in [-0.2, 0) is 0 Å². The molecule has 0 unspecified atom stereocenters. The highest BCUT2D eigenvalue weighted by Crippen LogP contribution is 2.45. The van der Waals surface area contributed by atoms with Crippen molar-refractivity contribution in [1.82, 2.24) is 0 Å². The zero-order valence-electron chi connectivity index (χ0n) is 30.8. The first-order valence-electron chi connectivity index (χ1n) is 19.1. The summed E-state index contributed by atoms with van der Waals surface area (Å²) in [7, 11) is -2.14. The monoisotopic (exact) mass is 735 g/mol. The number of nitrogens with zero attached hydrogens (tertiary/aromatic N) is 1. The highest BCUT2D eigenvalue weighted by Gasteiger charge is 2.42. The third-order valence-corrected chi connectivity index (χ3v) is 16.6. The maximum atomic E-state index is 2.55. The van der Waals surface area contributed by atoms with Crippen LogP contribution in [0.4, 0.5) is 17.1 Å². The molecule has 11 rings (SSSR count). The Kier molecular flexibility index (Phi) is 7.25. The van der Waals surface area contributed by atoms with Crippen molar-refractivity contribution in [2.24, 2.45) is 0 Å². The molecular weight excluding hydrogens is 699 g/mol. The predicted molar refractivity (Wildman–Crippen MR) is 242 cm³/mol. The summed E-state index contributed by atoms with van der Waals surface area (Å²) in [6.07, 6.45) is 0. The highest BCUT2D eigenvalue weighted by atomic mass is 32.1. The van der Waals surface area contributed by atoms with E-state index in [1.807, 2.05) is 11.3 Å². The van der Waals surface area contributed by atoms with Crippen LogP contribution in [0.3, 0.4) is 0 Å². The molecule has 0 aliphatic carbocycles. The van der Waals surface area contributed by atoms with Gasteiger partial charge >= 0.3 is 0 Å². The maximum Gasteiger partial charge on any atom is 0.116 e. The molecular formula is C52H37NSSi. The summed E-state index contributed by atoms with van der Waals surface area (Å²) in [6.45, 7) is 5.09. The first-order valence-corrected chi connectivity index (χ1v) is 22.9. The van der Waals surface area contributed by atoms with Gasteiger partial charge in [0.25, 0.3) is 0 Å². The predicted octanol–water partition coefficient (Wildman–Crippen LogP) is 14.0. The van der Waals surface area contributed by atoms with Crippen molar-refractivity contribution >= 4 is 88.6 Å². The molecule has 0 saturated carbocycles. The third-order valence-electron chi connectivity index (χ3n) is 11.8. The molecule has 0 N–H and O–H groups in total. The van der Waals surface area contributed by atoms with Gasteiger partial charge in [-0.05, 0) is 108 Å². The van der Waals surface area contributed by atoms with Gasteiger partial charge < -0.3 is 4.90 Å². The standard InChI is InChI=1S/C52H37NSSi/c1-55(2)49-32-31-45-44-16-7-8-20-48(44)54-51(45)50(49)46-18-10-19-47(52(46)55)53(40-27-23-35(24-28-40)39-22-21-34-11-3-4-13-38(34)33-39)41-29-25-37(26-30-41)43-17-9-14-36-12-5-6-15-42(36)43/h3-33H,1-2H3. The molecule has 0 saturated heterocycles. The first kappa shape index (κ1) is 32.2. The van der Waals surface area contributed by atoms with Crippen LogP contribution in [0.25, 0.3) is 75.1 Å². The van der Waals surface area contributed by atoms with Crippen molar-refractivity contribution in [2.75, 3.05) is 4.90 Å². The number of rotatable bonds is 5. The highest BCUT2D eigenvalue weighted by molar-refractivity contribution is 7.26. The van der Waals surface area contributed by atoms with Crippen LogP contribution in [-0.4, -0.2) is 8.07 Å². The Bertz CT molecular complexity index is 3110. The summed E-state index contributed by atoms with van der Waals surface area (Å²) < 4.78 is 2.77. The van der Waals surface area contributed by atoms with E-state index in [4.69, 9.17) is 0 Å². The topological polar surface area (TPSA) is 3.24 Å². The Balaban J connectivity index is 1.09. The second-order valence-electron chi connectivity index (χ2n) is 15.3. The molecule has 1 aliphatic heterocycles. The number of fused-ring (bicyclic) bond motifs is 9. The SMILES string of the molecule is C[Si]1(C)c2ccc3c(sc4ccccc43)c2-c2cccc(N(c3ccc(-c4ccc5ccccc5c4)cc3)c3ccc(-c4cccc5ccccc45)cc3)c21. The van der Waals surface area contributed by atoms with E-state index in [1.54, 1.807) is 0 Å².